The molecule has 0 aliphatic carbocycles. The number of carbonyl (C=O) groups excluding carboxylic acids is 1. The molecule has 2 nitrogen and oxygen atoms in total. The summed E-state index contributed by atoms with van der Waals surface area (Å²) in [5, 5.41) is 3.56. The Balaban J connectivity index is 2.66. The number of benzene rings is 1. The van der Waals surface area contributed by atoms with E-state index in [0.717, 1.165) is 15.1 Å². The normalized spacial score (nSPS) is 12.2. The Morgan fingerprint density at radius 1 is 1.59 bits per heavy atom. The van der Waals surface area contributed by atoms with Crippen molar-refractivity contribution in [2.45, 2.75) is 19.9 Å². The van der Waals surface area contributed by atoms with Crippen LogP contribution >= 0.6 is 46.0 Å². The second-order valence-electron chi connectivity index (χ2n) is 3.66. The number of thioether (sulfide) groups is 1. The molecule has 0 aliphatic heterocycles. The van der Waals surface area contributed by atoms with E-state index < -0.39 is 0 Å². The van der Waals surface area contributed by atoms with E-state index in [4.69, 9.17) is 11.6 Å². The molecule has 0 aliphatic rings. The van der Waals surface area contributed by atoms with Gasteiger partial charge in [0.05, 0.1) is 5.56 Å². The molecule has 1 aromatic carbocycles. The molecule has 17 heavy (non-hydrogen) atoms. The lowest BCUT2D eigenvalue weighted by Crippen LogP contribution is -2.34. The van der Waals surface area contributed by atoms with Gasteiger partial charge < -0.3 is 5.32 Å². The molecule has 0 fully saturated rings. The van der Waals surface area contributed by atoms with Gasteiger partial charge in [-0.2, -0.15) is 11.8 Å². The lowest BCUT2D eigenvalue weighted by molar-refractivity contribution is 0.0943. The number of hydrogen-bond acceptors (Lipinski definition) is 2. The first-order valence-corrected chi connectivity index (χ1v) is 7.99. The average Bonchev–Trinajstić information content (AvgIpc) is 2.29. The molecule has 0 aromatic heterocycles. The first kappa shape index (κ1) is 15.1. The van der Waals surface area contributed by atoms with Crippen LogP contribution in [0.15, 0.2) is 18.2 Å². The standard InChI is InChI=1S/C12H15ClINOS/c1-3-17-7-8(2)15-12(16)10-6-9(13)4-5-11(10)14/h4-6,8H,3,7H2,1-2H3,(H,15,16). The molecule has 1 unspecified atom stereocenters. The molecule has 0 saturated heterocycles. The number of rotatable bonds is 5. The third-order valence-electron chi connectivity index (χ3n) is 2.12. The van der Waals surface area contributed by atoms with Gasteiger partial charge in [-0.3, -0.25) is 4.79 Å². The van der Waals surface area contributed by atoms with Crippen LogP contribution < -0.4 is 5.32 Å². The van der Waals surface area contributed by atoms with E-state index in [1.165, 1.54) is 0 Å². The summed E-state index contributed by atoms with van der Waals surface area (Å²) in [6.07, 6.45) is 0. The molecule has 0 bridgehead atoms. The van der Waals surface area contributed by atoms with Gasteiger partial charge in [-0.05, 0) is 53.5 Å². The van der Waals surface area contributed by atoms with E-state index in [-0.39, 0.29) is 11.9 Å². The molecule has 1 amide bonds. The Bertz CT molecular complexity index is 400. The maximum atomic E-state index is 12.0. The van der Waals surface area contributed by atoms with Crippen molar-refractivity contribution in [2.75, 3.05) is 11.5 Å². The van der Waals surface area contributed by atoms with Crippen LogP contribution in [-0.2, 0) is 0 Å². The number of hydrogen-bond donors (Lipinski definition) is 1. The highest BCUT2D eigenvalue weighted by Crippen LogP contribution is 2.18. The second kappa shape index (κ2) is 7.48. The van der Waals surface area contributed by atoms with Gasteiger partial charge in [0.15, 0.2) is 0 Å². The van der Waals surface area contributed by atoms with Gasteiger partial charge in [-0.15, -0.1) is 0 Å². The molecule has 1 rings (SSSR count). The van der Waals surface area contributed by atoms with E-state index >= 15 is 0 Å². The van der Waals surface area contributed by atoms with Crippen molar-refractivity contribution >= 4 is 51.9 Å². The Morgan fingerprint density at radius 2 is 2.29 bits per heavy atom. The third-order valence-corrected chi connectivity index (χ3v) is 4.44. The molecular weight excluding hydrogens is 369 g/mol. The highest BCUT2D eigenvalue weighted by Gasteiger charge is 2.13. The monoisotopic (exact) mass is 383 g/mol. The molecule has 0 spiro atoms. The number of carbonyl (C=O) groups is 1. The molecule has 0 saturated carbocycles. The molecule has 94 valence electrons. The van der Waals surface area contributed by atoms with E-state index in [0.29, 0.717) is 10.6 Å². The molecule has 1 N–H and O–H groups in total. The van der Waals surface area contributed by atoms with Gasteiger partial charge in [0.25, 0.3) is 5.91 Å². The van der Waals surface area contributed by atoms with Gasteiger partial charge in [-0.25, -0.2) is 0 Å². The summed E-state index contributed by atoms with van der Waals surface area (Å²) in [7, 11) is 0. The maximum Gasteiger partial charge on any atom is 0.252 e. The maximum absolute atomic E-state index is 12.0. The number of amides is 1. The quantitative estimate of drug-likeness (QED) is 0.783. The van der Waals surface area contributed by atoms with Gasteiger partial charge in [-0.1, -0.05) is 18.5 Å². The first-order chi connectivity index (χ1) is 8.04. The fourth-order valence-corrected chi connectivity index (χ4v) is 2.73. The Morgan fingerprint density at radius 3 is 2.94 bits per heavy atom. The predicted octanol–water partition coefficient (Wildman–Crippen LogP) is 3.82. The molecule has 5 heteroatoms. The Hall–Kier alpha value is 0.0600. The highest BCUT2D eigenvalue weighted by molar-refractivity contribution is 14.1. The zero-order valence-electron chi connectivity index (χ0n) is 9.80. The molecule has 1 atom stereocenters. The summed E-state index contributed by atoms with van der Waals surface area (Å²) in [5.41, 5.74) is 0.645. The van der Waals surface area contributed by atoms with Crippen LogP contribution in [0.1, 0.15) is 24.2 Å². The topological polar surface area (TPSA) is 29.1 Å². The third kappa shape index (κ3) is 5.06. The lowest BCUT2D eigenvalue weighted by Gasteiger charge is -2.14. The highest BCUT2D eigenvalue weighted by atomic mass is 127. The van der Waals surface area contributed by atoms with Crippen molar-refractivity contribution in [1.82, 2.24) is 5.32 Å². The summed E-state index contributed by atoms with van der Waals surface area (Å²) in [6, 6.07) is 5.51. The van der Waals surface area contributed by atoms with E-state index in [1.807, 2.05) is 24.8 Å². The average molecular weight is 384 g/mol. The number of halogens is 2. The van der Waals surface area contributed by atoms with Gasteiger partial charge in [0.2, 0.25) is 0 Å². The predicted molar refractivity (Wildman–Crippen MR) is 84.1 cm³/mol. The lowest BCUT2D eigenvalue weighted by atomic mass is 10.2. The van der Waals surface area contributed by atoms with Gasteiger partial charge >= 0.3 is 0 Å². The minimum Gasteiger partial charge on any atom is -0.349 e. The molecule has 0 radical (unpaired) electrons. The Labute approximate surface area is 125 Å². The summed E-state index contributed by atoms with van der Waals surface area (Å²) in [5.74, 6) is 1.94. The van der Waals surface area contributed by atoms with Crippen LogP contribution in [0.4, 0.5) is 0 Å². The Kier molecular flexibility index (Phi) is 6.66. The van der Waals surface area contributed by atoms with Crippen molar-refractivity contribution in [3.8, 4) is 0 Å². The zero-order valence-corrected chi connectivity index (χ0v) is 13.5. The summed E-state index contributed by atoms with van der Waals surface area (Å²) in [4.78, 5) is 12.0. The molecule has 1 aromatic rings. The van der Waals surface area contributed by atoms with Crippen molar-refractivity contribution < 1.29 is 4.79 Å². The van der Waals surface area contributed by atoms with E-state index in [1.54, 1.807) is 12.1 Å². The zero-order chi connectivity index (χ0) is 12.8. The van der Waals surface area contributed by atoms with Crippen molar-refractivity contribution in [1.29, 1.82) is 0 Å². The summed E-state index contributed by atoms with van der Waals surface area (Å²) >= 11 is 9.85. The SMILES string of the molecule is CCSCC(C)NC(=O)c1cc(Cl)ccc1I. The van der Waals surface area contributed by atoms with E-state index in [2.05, 4.69) is 34.8 Å². The van der Waals surface area contributed by atoms with Crippen LogP contribution in [0, 0.1) is 3.57 Å². The molecule has 0 heterocycles. The van der Waals surface area contributed by atoms with Gasteiger partial charge in [0.1, 0.15) is 0 Å². The van der Waals surface area contributed by atoms with Crippen LogP contribution in [0.2, 0.25) is 5.02 Å². The molecular formula is C12H15ClINOS. The largest absolute Gasteiger partial charge is 0.349 e. The summed E-state index contributed by atoms with van der Waals surface area (Å²) < 4.78 is 0.917. The van der Waals surface area contributed by atoms with E-state index in [9.17, 15) is 4.79 Å². The fraction of sp³-hybridized carbons (Fsp3) is 0.417. The minimum atomic E-state index is -0.0545. The van der Waals surface area contributed by atoms with Crippen molar-refractivity contribution in [2.24, 2.45) is 0 Å². The van der Waals surface area contributed by atoms with Crippen LogP contribution in [0.25, 0.3) is 0 Å². The van der Waals surface area contributed by atoms with Crippen LogP contribution in [-0.4, -0.2) is 23.5 Å². The van der Waals surface area contributed by atoms with Crippen molar-refractivity contribution in [3.63, 3.8) is 0 Å². The van der Waals surface area contributed by atoms with Gasteiger partial charge in [0, 0.05) is 20.4 Å². The van der Waals surface area contributed by atoms with Crippen LogP contribution in [0.5, 0.6) is 0 Å². The van der Waals surface area contributed by atoms with Crippen molar-refractivity contribution in [3.05, 3.63) is 32.4 Å². The van der Waals surface area contributed by atoms with Crippen LogP contribution in [0.3, 0.4) is 0 Å². The second-order valence-corrected chi connectivity index (χ2v) is 6.58. The number of nitrogens with one attached hydrogen (secondary N) is 1. The smallest absolute Gasteiger partial charge is 0.252 e. The minimum absolute atomic E-state index is 0.0545. The summed E-state index contributed by atoms with van der Waals surface area (Å²) in [6.45, 7) is 4.12. The fourth-order valence-electron chi connectivity index (χ4n) is 1.31. The first-order valence-electron chi connectivity index (χ1n) is 5.38.